The highest BCUT2D eigenvalue weighted by Gasteiger charge is 2.41. The fraction of sp³-hybridized carbons (Fsp3) is 0.889. The number of carbonyl (C=O) groups is 1. The molecule has 1 amide bonds. The van der Waals surface area contributed by atoms with Crippen molar-refractivity contribution in [2.45, 2.75) is 65.5 Å². The van der Waals surface area contributed by atoms with Crippen LogP contribution in [-0.2, 0) is 14.2 Å². The van der Waals surface area contributed by atoms with Crippen molar-refractivity contribution in [1.29, 1.82) is 0 Å². The summed E-state index contributed by atoms with van der Waals surface area (Å²) < 4.78 is 40.4. The Bertz CT molecular complexity index is 520. The Morgan fingerprint density at radius 3 is 2.52 bits per heavy atom. The molecule has 0 saturated heterocycles. The predicted octanol–water partition coefficient (Wildman–Crippen LogP) is 3.78. The van der Waals surface area contributed by atoms with Crippen LogP contribution in [0.4, 0.5) is 13.6 Å². The smallest absolute Gasteiger partial charge is 0.407 e. The van der Waals surface area contributed by atoms with Crippen molar-refractivity contribution in [3.8, 4) is 0 Å². The van der Waals surface area contributed by atoms with E-state index in [0.29, 0.717) is 13.2 Å². The van der Waals surface area contributed by atoms with Crippen molar-refractivity contribution in [3.05, 3.63) is 0 Å². The molecule has 158 valence electrons. The van der Waals surface area contributed by atoms with Gasteiger partial charge in [-0.25, -0.2) is 4.79 Å². The van der Waals surface area contributed by atoms with Crippen LogP contribution < -0.4 is 10.6 Å². The van der Waals surface area contributed by atoms with Crippen LogP contribution in [0.3, 0.4) is 0 Å². The predicted molar refractivity (Wildman–Crippen MR) is 104 cm³/mol. The van der Waals surface area contributed by atoms with E-state index in [0.717, 1.165) is 32.8 Å². The first-order valence-electron chi connectivity index (χ1n) is 9.22. The maximum Gasteiger partial charge on any atom is 0.407 e. The van der Waals surface area contributed by atoms with Gasteiger partial charge in [-0.1, -0.05) is 36.6 Å². The third-order valence-electron chi connectivity index (χ3n) is 4.56. The van der Waals surface area contributed by atoms with Gasteiger partial charge in [0.25, 0.3) is 0 Å². The van der Waals surface area contributed by atoms with Gasteiger partial charge < -0.3 is 19.5 Å². The molecule has 0 aromatic heterocycles. The number of carbonyl (C=O) groups excluding carboxylic acids is 1. The van der Waals surface area contributed by atoms with Gasteiger partial charge >= 0.3 is 12.2 Å². The van der Waals surface area contributed by atoms with E-state index in [1.54, 1.807) is 0 Å². The minimum absolute atomic E-state index is 0.0101. The molecule has 0 heterocycles. The van der Waals surface area contributed by atoms with Crippen LogP contribution in [0.25, 0.3) is 0 Å². The fourth-order valence-corrected chi connectivity index (χ4v) is 4.12. The summed E-state index contributed by atoms with van der Waals surface area (Å²) in [5.74, 6) is 0. The zero-order valence-corrected chi connectivity index (χ0v) is 17.9. The first-order chi connectivity index (χ1) is 12.4. The molecule has 1 aliphatic carbocycles. The van der Waals surface area contributed by atoms with Crippen molar-refractivity contribution in [3.63, 3.8) is 0 Å². The highest BCUT2D eigenvalue weighted by Crippen LogP contribution is 2.45. The summed E-state index contributed by atoms with van der Waals surface area (Å²) in [6.07, 6.45) is -0.462. The summed E-state index contributed by atoms with van der Waals surface area (Å²) in [6.45, 7) is 8.35. The van der Waals surface area contributed by atoms with Crippen LogP contribution in [0.5, 0.6) is 0 Å². The minimum atomic E-state index is -3.34. The number of ether oxygens (including phenoxy) is 3. The summed E-state index contributed by atoms with van der Waals surface area (Å²) in [5.41, 5.74) is 0.00285. The summed E-state index contributed by atoms with van der Waals surface area (Å²) in [7, 11) is 4.15. The topological polar surface area (TPSA) is 68.8 Å². The standard InChI is InChI=1S/C18H33F2N2O4P/c1-6-7-25-14(23)21-11-17(4)9-13(8-16(2,3)10-17)22-15(27)26-12-18(19,20)24-5/h13,22,27H,6-12H2,1-5H3,(H,21,23). The molecule has 27 heavy (non-hydrogen) atoms. The Balaban J connectivity index is 2.61. The molecule has 1 fully saturated rings. The number of alkyl halides is 2. The van der Waals surface area contributed by atoms with Crippen molar-refractivity contribution in [2.24, 2.45) is 10.8 Å². The summed E-state index contributed by atoms with van der Waals surface area (Å²) in [5, 5.41) is 5.96. The number of nitrogens with one attached hydrogen (secondary N) is 2. The Hall–Kier alpha value is -0.820. The molecular weight excluding hydrogens is 377 g/mol. The molecule has 0 aliphatic heterocycles. The van der Waals surface area contributed by atoms with Crippen molar-refractivity contribution in [2.75, 3.05) is 26.9 Å². The third kappa shape index (κ3) is 9.28. The minimum Gasteiger partial charge on any atom is -0.450 e. The maximum atomic E-state index is 13.1. The molecule has 1 rings (SSSR count). The monoisotopic (exact) mass is 410 g/mol. The van der Waals surface area contributed by atoms with E-state index in [1.807, 2.05) is 6.92 Å². The molecule has 0 aromatic rings. The fourth-order valence-electron chi connectivity index (χ4n) is 3.84. The SMILES string of the molecule is CCCOC(=O)NCC1(C)CC(NC(=P)OCC(F)(F)OC)CC(C)(C)C1. The average Bonchev–Trinajstić information content (AvgIpc) is 2.54. The third-order valence-corrected chi connectivity index (χ3v) is 4.85. The molecule has 1 aliphatic rings. The molecule has 2 unspecified atom stereocenters. The Labute approximate surface area is 162 Å². The number of hydrogen-bond donors (Lipinski definition) is 2. The van der Waals surface area contributed by atoms with E-state index >= 15 is 0 Å². The van der Waals surface area contributed by atoms with E-state index in [1.165, 1.54) is 0 Å². The second-order valence-corrected chi connectivity index (χ2v) is 8.80. The average molecular weight is 410 g/mol. The first-order valence-corrected chi connectivity index (χ1v) is 9.72. The van der Waals surface area contributed by atoms with Crippen LogP contribution >= 0.6 is 8.86 Å². The van der Waals surface area contributed by atoms with Crippen LogP contribution in [0.1, 0.15) is 53.4 Å². The molecule has 0 bridgehead atoms. The summed E-state index contributed by atoms with van der Waals surface area (Å²) in [6, 6.07) is 0.0101. The van der Waals surface area contributed by atoms with Crippen LogP contribution in [0.15, 0.2) is 0 Å². The largest absolute Gasteiger partial charge is 0.450 e. The molecule has 2 atom stereocenters. The van der Waals surface area contributed by atoms with Gasteiger partial charge in [0.05, 0.1) is 6.61 Å². The number of rotatable bonds is 10. The molecule has 0 spiro atoms. The quantitative estimate of drug-likeness (QED) is 0.537. The van der Waals surface area contributed by atoms with E-state index in [2.05, 4.69) is 45.0 Å². The maximum absolute atomic E-state index is 13.1. The lowest BCUT2D eigenvalue weighted by Gasteiger charge is -2.47. The second-order valence-electron chi connectivity index (χ2n) is 8.35. The lowest BCUT2D eigenvalue weighted by atomic mass is 9.62. The normalized spacial score (nSPS) is 25.1. The van der Waals surface area contributed by atoms with Gasteiger partial charge in [0.1, 0.15) is 12.2 Å². The molecule has 9 heteroatoms. The summed E-state index contributed by atoms with van der Waals surface area (Å²) >= 11 is 0. The lowest BCUT2D eigenvalue weighted by molar-refractivity contribution is -0.239. The van der Waals surface area contributed by atoms with Gasteiger partial charge in [-0.3, -0.25) is 5.32 Å². The lowest BCUT2D eigenvalue weighted by Crippen LogP contribution is -2.50. The number of methoxy groups -OCH3 is 1. The van der Waals surface area contributed by atoms with Crippen LogP contribution in [0.2, 0.25) is 0 Å². The Morgan fingerprint density at radius 1 is 1.26 bits per heavy atom. The summed E-state index contributed by atoms with van der Waals surface area (Å²) in [4.78, 5) is 11.8. The number of alkyl carbamates (subject to hydrolysis) is 1. The number of amides is 1. The Morgan fingerprint density at radius 2 is 1.93 bits per heavy atom. The highest BCUT2D eigenvalue weighted by atomic mass is 31.0. The molecule has 0 radical (unpaired) electrons. The van der Waals surface area contributed by atoms with E-state index in [9.17, 15) is 13.6 Å². The van der Waals surface area contributed by atoms with Gasteiger partial charge in [-0.2, -0.15) is 8.78 Å². The zero-order valence-electron chi connectivity index (χ0n) is 16.9. The molecule has 1 saturated carbocycles. The number of hydrogen-bond acceptors (Lipinski definition) is 4. The molecular formula is C18H33F2N2O4P. The van der Waals surface area contributed by atoms with Gasteiger partial charge in [0.2, 0.25) is 0 Å². The van der Waals surface area contributed by atoms with Crippen molar-refractivity contribution >= 4 is 20.6 Å². The van der Waals surface area contributed by atoms with Gasteiger partial charge in [-0.15, -0.1) is 0 Å². The van der Waals surface area contributed by atoms with E-state index in [-0.39, 0.29) is 22.5 Å². The van der Waals surface area contributed by atoms with Crippen molar-refractivity contribution < 1.29 is 27.8 Å². The van der Waals surface area contributed by atoms with Gasteiger partial charge in [0.15, 0.2) is 0 Å². The van der Waals surface area contributed by atoms with E-state index < -0.39 is 18.8 Å². The Kier molecular flexibility index (Phi) is 9.06. The second kappa shape index (κ2) is 10.1. The van der Waals surface area contributed by atoms with Crippen LogP contribution in [0, 0.1) is 10.8 Å². The molecule has 6 nitrogen and oxygen atoms in total. The molecule has 0 aromatic carbocycles. The zero-order chi connectivity index (χ0) is 20.7. The van der Waals surface area contributed by atoms with Crippen molar-refractivity contribution in [1.82, 2.24) is 10.6 Å². The molecule has 2 N–H and O–H groups in total. The van der Waals surface area contributed by atoms with Gasteiger partial charge in [-0.05, 0) is 36.5 Å². The first kappa shape index (κ1) is 24.2. The van der Waals surface area contributed by atoms with Gasteiger partial charge in [0, 0.05) is 19.7 Å². The highest BCUT2D eigenvalue weighted by molar-refractivity contribution is 7.20. The van der Waals surface area contributed by atoms with Crippen LogP contribution in [-0.4, -0.2) is 50.7 Å². The number of halogens is 2. The van der Waals surface area contributed by atoms with E-state index in [4.69, 9.17) is 9.47 Å².